The Morgan fingerprint density at radius 1 is 1.15 bits per heavy atom. The molecule has 0 spiro atoms. The Balaban J connectivity index is 1.54. The fraction of sp³-hybridized carbons (Fsp3) is 0.316. The minimum atomic E-state index is 0.104. The number of amides is 1. The van der Waals surface area contributed by atoms with Crippen molar-refractivity contribution in [2.75, 3.05) is 31.1 Å². The number of pyridine rings is 1. The van der Waals surface area contributed by atoms with Crippen LogP contribution in [-0.2, 0) is 11.2 Å². The molecule has 0 atom stereocenters. The van der Waals surface area contributed by atoms with Crippen molar-refractivity contribution in [2.45, 2.75) is 12.8 Å². The van der Waals surface area contributed by atoms with E-state index in [2.05, 4.69) is 4.98 Å². The smallest absolute Gasteiger partial charge is 0.223 e. The number of hydrogen-bond acceptors (Lipinski definition) is 4. The van der Waals surface area contributed by atoms with Crippen LogP contribution in [0.15, 0.2) is 36.5 Å². The summed E-state index contributed by atoms with van der Waals surface area (Å²) in [6.45, 7) is 2.54. The quantitative estimate of drug-likeness (QED) is 0.732. The van der Waals surface area contributed by atoms with Crippen LogP contribution in [0.1, 0.15) is 22.3 Å². The third-order valence-electron chi connectivity index (χ3n) is 4.50. The lowest BCUT2D eigenvalue weighted by atomic mass is 10.1. The third kappa shape index (κ3) is 4.34. The van der Waals surface area contributed by atoms with Gasteiger partial charge in [0, 0.05) is 48.8 Å². The zero-order chi connectivity index (χ0) is 18.5. The number of aryl methyl sites for hydroxylation is 1. The number of nitrogens with zero attached hydrogens (tertiary/aromatic N) is 3. The Hall–Kier alpha value is -2.11. The molecule has 0 unspecified atom stereocenters. The van der Waals surface area contributed by atoms with E-state index in [1.54, 1.807) is 30.5 Å². The average molecular weight is 392 g/mol. The number of aromatic nitrogens is 1. The minimum Gasteiger partial charge on any atom is -0.352 e. The molecule has 0 N–H and O–H groups in total. The number of rotatable bonds is 5. The number of halogens is 2. The van der Waals surface area contributed by atoms with E-state index in [0.717, 1.165) is 11.8 Å². The molecule has 0 bridgehead atoms. The lowest BCUT2D eigenvalue weighted by Gasteiger charge is -2.36. The second kappa shape index (κ2) is 8.52. The molecule has 0 radical (unpaired) electrons. The predicted molar refractivity (Wildman–Crippen MR) is 103 cm³/mol. The van der Waals surface area contributed by atoms with E-state index in [9.17, 15) is 9.59 Å². The first-order valence-electron chi connectivity index (χ1n) is 8.45. The van der Waals surface area contributed by atoms with Crippen LogP contribution < -0.4 is 4.90 Å². The maximum atomic E-state index is 12.5. The van der Waals surface area contributed by atoms with E-state index < -0.39 is 0 Å². The van der Waals surface area contributed by atoms with E-state index in [0.29, 0.717) is 60.4 Å². The fourth-order valence-corrected chi connectivity index (χ4v) is 3.56. The first-order valence-corrected chi connectivity index (χ1v) is 9.21. The molecule has 1 aliphatic rings. The molecule has 26 heavy (non-hydrogen) atoms. The van der Waals surface area contributed by atoms with Gasteiger partial charge in [-0.1, -0.05) is 29.3 Å². The van der Waals surface area contributed by atoms with Gasteiger partial charge in [-0.15, -0.1) is 0 Å². The summed E-state index contributed by atoms with van der Waals surface area (Å²) in [6.07, 6.45) is 3.49. The Bertz CT molecular complexity index is 805. The van der Waals surface area contributed by atoms with Crippen molar-refractivity contribution >= 4 is 41.2 Å². The summed E-state index contributed by atoms with van der Waals surface area (Å²) in [5, 5.41) is 1.18. The molecule has 2 aromatic rings. The lowest BCUT2D eigenvalue weighted by Crippen LogP contribution is -2.49. The van der Waals surface area contributed by atoms with E-state index in [4.69, 9.17) is 23.2 Å². The van der Waals surface area contributed by atoms with Crippen molar-refractivity contribution in [3.63, 3.8) is 0 Å². The van der Waals surface area contributed by atoms with E-state index in [1.807, 2.05) is 15.9 Å². The highest BCUT2D eigenvalue weighted by Crippen LogP contribution is 2.23. The van der Waals surface area contributed by atoms with Crippen molar-refractivity contribution in [3.8, 4) is 0 Å². The SMILES string of the molecule is O=Cc1cccnc1N1CCN(C(=O)CCc2ccc(Cl)cc2Cl)CC1. The van der Waals surface area contributed by atoms with Crippen LogP contribution in [0, 0.1) is 0 Å². The molecule has 1 aromatic carbocycles. The second-order valence-corrected chi connectivity index (χ2v) is 6.98. The summed E-state index contributed by atoms with van der Waals surface area (Å²) in [6, 6.07) is 8.83. The molecule has 1 aromatic heterocycles. The molecule has 1 saturated heterocycles. The van der Waals surface area contributed by atoms with E-state index >= 15 is 0 Å². The van der Waals surface area contributed by atoms with Gasteiger partial charge in [-0.05, 0) is 36.2 Å². The number of aldehydes is 1. The van der Waals surface area contributed by atoms with Gasteiger partial charge >= 0.3 is 0 Å². The summed E-state index contributed by atoms with van der Waals surface area (Å²) in [7, 11) is 0. The standard InChI is InChI=1S/C19H19Cl2N3O2/c20-16-5-3-14(17(21)12-16)4-6-18(26)23-8-10-24(11-9-23)19-15(13-25)2-1-7-22-19/h1-3,5,7,12-13H,4,6,8-11H2. The van der Waals surface area contributed by atoms with Gasteiger partial charge in [0.25, 0.3) is 0 Å². The molecular weight excluding hydrogens is 373 g/mol. The van der Waals surface area contributed by atoms with Crippen molar-refractivity contribution < 1.29 is 9.59 Å². The van der Waals surface area contributed by atoms with Crippen LogP contribution in [0.5, 0.6) is 0 Å². The van der Waals surface area contributed by atoms with Gasteiger partial charge in [0.2, 0.25) is 5.91 Å². The van der Waals surface area contributed by atoms with Gasteiger partial charge in [-0.25, -0.2) is 4.98 Å². The average Bonchev–Trinajstić information content (AvgIpc) is 2.67. The Morgan fingerprint density at radius 3 is 2.62 bits per heavy atom. The predicted octanol–water partition coefficient (Wildman–Crippen LogP) is 3.48. The number of carbonyl (C=O) groups excluding carboxylic acids is 2. The lowest BCUT2D eigenvalue weighted by molar-refractivity contribution is -0.131. The van der Waals surface area contributed by atoms with Crippen molar-refractivity contribution in [1.29, 1.82) is 0 Å². The molecule has 136 valence electrons. The van der Waals surface area contributed by atoms with Gasteiger partial charge in [-0.3, -0.25) is 9.59 Å². The second-order valence-electron chi connectivity index (χ2n) is 6.14. The number of piperazine rings is 1. The molecule has 7 heteroatoms. The zero-order valence-electron chi connectivity index (χ0n) is 14.2. The van der Waals surface area contributed by atoms with Crippen LogP contribution in [0.3, 0.4) is 0 Å². The van der Waals surface area contributed by atoms with Crippen LogP contribution >= 0.6 is 23.2 Å². The highest BCUT2D eigenvalue weighted by molar-refractivity contribution is 6.35. The monoisotopic (exact) mass is 391 g/mol. The van der Waals surface area contributed by atoms with Crippen molar-refractivity contribution in [3.05, 3.63) is 57.7 Å². The normalized spacial score (nSPS) is 14.4. The first kappa shape index (κ1) is 18.7. The molecule has 1 amide bonds. The molecule has 0 aliphatic carbocycles. The maximum absolute atomic E-state index is 12.5. The summed E-state index contributed by atoms with van der Waals surface area (Å²) in [5.41, 5.74) is 1.50. The third-order valence-corrected chi connectivity index (χ3v) is 5.09. The molecule has 3 rings (SSSR count). The topological polar surface area (TPSA) is 53.5 Å². The van der Waals surface area contributed by atoms with Crippen molar-refractivity contribution in [2.24, 2.45) is 0 Å². The Labute approximate surface area is 162 Å². The van der Waals surface area contributed by atoms with Crippen LogP contribution in [0.4, 0.5) is 5.82 Å². The van der Waals surface area contributed by atoms with Gasteiger partial charge in [0.15, 0.2) is 6.29 Å². The van der Waals surface area contributed by atoms with Crippen LogP contribution in [0.2, 0.25) is 10.0 Å². The van der Waals surface area contributed by atoms with Crippen molar-refractivity contribution in [1.82, 2.24) is 9.88 Å². The number of hydrogen-bond donors (Lipinski definition) is 0. The molecule has 1 fully saturated rings. The fourth-order valence-electron chi connectivity index (χ4n) is 3.06. The van der Waals surface area contributed by atoms with Gasteiger partial charge in [0.1, 0.15) is 5.82 Å². The highest BCUT2D eigenvalue weighted by Gasteiger charge is 2.23. The van der Waals surface area contributed by atoms with Gasteiger partial charge in [-0.2, -0.15) is 0 Å². The molecular formula is C19H19Cl2N3O2. The molecule has 0 saturated carbocycles. The van der Waals surface area contributed by atoms with Gasteiger partial charge in [0.05, 0.1) is 5.56 Å². The summed E-state index contributed by atoms with van der Waals surface area (Å²) in [5.74, 6) is 0.787. The molecule has 5 nitrogen and oxygen atoms in total. The number of benzene rings is 1. The first-order chi connectivity index (χ1) is 12.6. The highest BCUT2D eigenvalue weighted by atomic mass is 35.5. The van der Waals surface area contributed by atoms with Gasteiger partial charge < -0.3 is 9.80 Å². The summed E-state index contributed by atoms with van der Waals surface area (Å²) < 4.78 is 0. The zero-order valence-corrected chi connectivity index (χ0v) is 15.7. The van der Waals surface area contributed by atoms with E-state index in [1.165, 1.54) is 0 Å². The Kier molecular flexibility index (Phi) is 6.12. The molecule has 2 heterocycles. The van der Waals surface area contributed by atoms with Crippen LogP contribution in [0.25, 0.3) is 0 Å². The van der Waals surface area contributed by atoms with Crippen LogP contribution in [-0.4, -0.2) is 48.3 Å². The minimum absolute atomic E-state index is 0.104. The largest absolute Gasteiger partial charge is 0.352 e. The number of carbonyl (C=O) groups is 2. The number of anilines is 1. The molecule has 1 aliphatic heterocycles. The van der Waals surface area contributed by atoms with E-state index in [-0.39, 0.29) is 5.91 Å². The summed E-state index contributed by atoms with van der Waals surface area (Å²) in [4.78, 5) is 31.8. The Morgan fingerprint density at radius 2 is 1.92 bits per heavy atom. The maximum Gasteiger partial charge on any atom is 0.223 e. The summed E-state index contributed by atoms with van der Waals surface area (Å²) >= 11 is 12.1.